The van der Waals surface area contributed by atoms with E-state index in [0.29, 0.717) is 6.04 Å². The minimum Gasteiger partial charge on any atom is -0.394 e. The summed E-state index contributed by atoms with van der Waals surface area (Å²) in [6.45, 7) is 7.15. The largest absolute Gasteiger partial charge is 0.394 e. The second kappa shape index (κ2) is 5.45. The first kappa shape index (κ1) is 12.3. The molecule has 1 heterocycles. The van der Waals surface area contributed by atoms with E-state index >= 15 is 0 Å². The van der Waals surface area contributed by atoms with Gasteiger partial charge in [0, 0.05) is 24.7 Å². The monoisotopic (exact) mass is 228 g/mol. The molecule has 1 aliphatic heterocycles. The van der Waals surface area contributed by atoms with Crippen molar-refractivity contribution in [3.05, 3.63) is 0 Å². The summed E-state index contributed by atoms with van der Waals surface area (Å²) >= 11 is 0. The molecule has 16 heavy (non-hydrogen) atoms. The molecule has 2 N–H and O–H groups in total. The lowest BCUT2D eigenvalue weighted by Crippen LogP contribution is -2.49. The summed E-state index contributed by atoms with van der Waals surface area (Å²) in [5.74, 6) is 0. The molecule has 2 atom stereocenters. The minimum absolute atomic E-state index is 0.0161. The van der Waals surface area contributed by atoms with Crippen molar-refractivity contribution >= 4 is 0 Å². The molecule has 0 aromatic carbocycles. The molecule has 1 saturated carbocycles. The van der Waals surface area contributed by atoms with Crippen LogP contribution in [-0.2, 0) is 4.74 Å². The van der Waals surface area contributed by atoms with Crippen LogP contribution in [0.4, 0.5) is 0 Å². The van der Waals surface area contributed by atoms with Crippen LogP contribution in [0, 0.1) is 0 Å². The van der Waals surface area contributed by atoms with E-state index in [2.05, 4.69) is 17.1 Å². The smallest absolute Gasteiger partial charge is 0.0613 e. The van der Waals surface area contributed by atoms with Crippen LogP contribution in [0.2, 0.25) is 0 Å². The number of hydrogen-bond donors (Lipinski definition) is 2. The van der Waals surface area contributed by atoms with Gasteiger partial charge in [0.2, 0.25) is 0 Å². The third kappa shape index (κ3) is 2.56. The molecule has 0 radical (unpaired) electrons. The Bertz CT molecular complexity index is 219. The predicted molar refractivity (Wildman–Crippen MR) is 63.5 cm³/mol. The van der Waals surface area contributed by atoms with Crippen LogP contribution >= 0.6 is 0 Å². The molecule has 2 fully saturated rings. The number of ether oxygens (including phenoxy) is 1. The molecular weight excluding hydrogens is 204 g/mol. The number of rotatable bonds is 4. The van der Waals surface area contributed by atoms with Gasteiger partial charge in [-0.05, 0) is 25.8 Å². The summed E-state index contributed by atoms with van der Waals surface area (Å²) in [6.07, 6.45) is 3.38. The van der Waals surface area contributed by atoms with Crippen LogP contribution in [0.5, 0.6) is 0 Å². The fourth-order valence-corrected chi connectivity index (χ4v) is 3.09. The summed E-state index contributed by atoms with van der Waals surface area (Å²) in [5, 5.41) is 13.0. The zero-order valence-corrected chi connectivity index (χ0v) is 10.2. The van der Waals surface area contributed by atoms with Crippen molar-refractivity contribution in [2.24, 2.45) is 0 Å². The van der Waals surface area contributed by atoms with E-state index in [1.807, 2.05) is 0 Å². The molecule has 0 aromatic rings. The Morgan fingerprint density at radius 1 is 1.44 bits per heavy atom. The Labute approximate surface area is 98.0 Å². The first-order chi connectivity index (χ1) is 7.79. The maximum absolute atomic E-state index is 9.56. The van der Waals surface area contributed by atoms with Gasteiger partial charge in [-0.3, -0.25) is 4.90 Å². The van der Waals surface area contributed by atoms with Gasteiger partial charge in [0.25, 0.3) is 0 Å². The molecule has 0 amide bonds. The van der Waals surface area contributed by atoms with E-state index in [4.69, 9.17) is 4.74 Å². The molecule has 2 aliphatic rings. The molecule has 2 unspecified atom stereocenters. The van der Waals surface area contributed by atoms with E-state index in [1.54, 1.807) is 0 Å². The van der Waals surface area contributed by atoms with Crippen molar-refractivity contribution in [3.8, 4) is 0 Å². The van der Waals surface area contributed by atoms with Crippen molar-refractivity contribution < 1.29 is 9.84 Å². The van der Waals surface area contributed by atoms with Gasteiger partial charge >= 0.3 is 0 Å². The number of aliphatic hydroxyl groups excluding tert-OH is 1. The number of nitrogens with one attached hydrogen (secondary N) is 1. The lowest BCUT2D eigenvalue weighted by atomic mass is 9.98. The highest BCUT2D eigenvalue weighted by molar-refractivity contribution is 4.99. The summed E-state index contributed by atoms with van der Waals surface area (Å²) in [6, 6.07) is 0.634. The molecule has 4 heteroatoms. The van der Waals surface area contributed by atoms with Gasteiger partial charge in [0.05, 0.1) is 19.8 Å². The fraction of sp³-hybridized carbons (Fsp3) is 1.00. The van der Waals surface area contributed by atoms with Gasteiger partial charge in [-0.15, -0.1) is 0 Å². The molecule has 0 spiro atoms. The van der Waals surface area contributed by atoms with Crippen LogP contribution in [0.25, 0.3) is 0 Å². The fourth-order valence-electron chi connectivity index (χ4n) is 3.09. The van der Waals surface area contributed by atoms with Crippen LogP contribution in [0.1, 0.15) is 26.2 Å². The van der Waals surface area contributed by atoms with Gasteiger partial charge in [-0.2, -0.15) is 0 Å². The van der Waals surface area contributed by atoms with E-state index in [0.717, 1.165) is 45.7 Å². The Morgan fingerprint density at radius 2 is 2.19 bits per heavy atom. The quantitative estimate of drug-likeness (QED) is 0.722. The highest BCUT2D eigenvalue weighted by Gasteiger charge is 2.40. The molecule has 4 nitrogen and oxygen atoms in total. The van der Waals surface area contributed by atoms with E-state index in [-0.39, 0.29) is 12.1 Å². The van der Waals surface area contributed by atoms with E-state index in [1.165, 1.54) is 6.42 Å². The lowest BCUT2D eigenvalue weighted by molar-refractivity contribution is 0.0152. The number of aliphatic hydroxyl groups is 1. The summed E-state index contributed by atoms with van der Waals surface area (Å²) in [5.41, 5.74) is -0.0161. The highest BCUT2D eigenvalue weighted by Crippen LogP contribution is 2.33. The Balaban J connectivity index is 1.90. The number of likely N-dealkylation sites (N-methyl/N-ethyl adjacent to an activating group) is 1. The van der Waals surface area contributed by atoms with Gasteiger partial charge in [0.1, 0.15) is 0 Å². The SMILES string of the molecule is CCNC1(CO)CCC(N2CCOCC2)C1. The van der Waals surface area contributed by atoms with Crippen molar-refractivity contribution in [1.29, 1.82) is 0 Å². The van der Waals surface area contributed by atoms with Gasteiger partial charge in [0.15, 0.2) is 0 Å². The third-order valence-corrected chi connectivity index (χ3v) is 4.00. The highest BCUT2D eigenvalue weighted by atomic mass is 16.5. The second-order valence-corrected chi connectivity index (χ2v) is 5.01. The second-order valence-electron chi connectivity index (χ2n) is 5.01. The normalized spacial score (nSPS) is 36.8. The van der Waals surface area contributed by atoms with E-state index < -0.39 is 0 Å². The Hall–Kier alpha value is -0.160. The topological polar surface area (TPSA) is 44.7 Å². The standard InChI is InChI=1S/C12H24N2O2/c1-2-13-12(10-15)4-3-11(9-12)14-5-7-16-8-6-14/h11,13,15H,2-10H2,1H3. The third-order valence-electron chi connectivity index (χ3n) is 4.00. The van der Waals surface area contributed by atoms with Crippen molar-refractivity contribution in [2.45, 2.75) is 37.8 Å². The average molecular weight is 228 g/mol. The number of nitrogens with zero attached hydrogens (tertiary/aromatic N) is 1. The van der Waals surface area contributed by atoms with Crippen molar-refractivity contribution in [3.63, 3.8) is 0 Å². The number of hydrogen-bond acceptors (Lipinski definition) is 4. The maximum Gasteiger partial charge on any atom is 0.0613 e. The zero-order chi connectivity index (χ0) is 11.4. The summed E-state index contributed by atoms with van der Waals surface area (Å²) < 4.78 is 5.38. The minimum atomic E-state index is -0.0161. The van der Waals surface area contributed by atoms with Crippen molar-refractivity contribution in [1.82, 2.24) is 10.2 Å². The average Bonchev–Trinajstić information content (AvgIpc) is 2.76. The molecule has 0 bridgehead atoms. The first-order valence-electron chi connectivity index (χ1n) is 6.47. The lowest BCUT2D eigenvalue weighted by Gasteiger charge is -2.34. The predicted octanol–water partition coefficient (Wildman–Crippen LogP) is 0.212. The molecule has 1 saturated heterocycles. The summed E-state index contributed by atoms with van der Waals surface area (Å²) in [4.78, 5) is 2.53. The van der Waals surface area contributed by atoms with E-state index in [9.17, 15) is 5.11 Å². The maximum atomic E-state index is 9.56. The van der Waals surface area contributed by atoms with Crippen LogP contribution < -0.4 is 5.32 Å². The van der Waals surface area contributed by atoms with Gasteiger partial charge in [-0.25, -0.2) is 0 Å². The van der Waals surface area contributed by atoms with Crippen LogP contribution in [0.15, 0.2) is 0 Å². The summed E-state index contributed by atoms with van der Waals surface area (Å²) in [7, 11) is 0. The Morgan fingerprint density at radius 3 is 2.81 bits per heavy atom. The number of morpholine rings is 1. The van der Waals surface area contributed by atoms with Gasteiger partial charge in [-0.1, -0.05) is 6.92 Å². The molecule has 94 valence electrons. The van der Waals surface area contributed by atoms with Crippen molar-refractivity contribution in [2.75, 3.05) is 39.5 Å². The molecular formula is C12H24N2O2. The van der Waals surface area contributed by atoms with Crippen LogP contribution in [-0.4, -0.2) is 61.0 Å². The Kier molecular flexibility index (Phi) is 4.19. The molecule has 2 rings (SSSR count). The van der Waals surface area contributed by atoms with Crippen LogP contribution in [0.3, 0.4) is 0 Å². The molecule has 0 aromatic heterocycles. The first-order valence-corrected chi connectivity index (χ1v) is 6.47. The molecule has 1 aliphatic carbocycles. The van der Waals surface area contributed by atoms with Gasteiger partial charge < -0.3 is 15.2 Å². The zero-order valence-electron chi connectivity index (χ0n) is 10.2.